The summed E-state index contributed by atoms with van der Waals surface area (Å²) in [7, 11) is 0. The van der Waals surface area contributed by atoms with Crippen LogP contribution in [0.5, 0.6) is 0 Å². The molecular formula is C7H9FN4O. The van der Waals surface area contributed by atoms with Gasteiger partial charge in [-0.1, -0.05) is 10.6 Å². The lowest BCUT2D eigenvalue weighted by Crippen LogP contribution is -2.21. The van der Waals surface area contributed by atoms with Crippen molar-refractivity contribution in [1.29, 1.82) is 0 Å². The van der Waals surface area contributed by atoms with Crippen LogP contribution in [-0.4, -0.2) is 16.3 Å². The molecule has 0 saturated carbocycles. The SMILES string of the molecule is C=CCNc1cnc(=O)n(F)c1N. The fraction of sp³-hybridized carbons (Fsp3) is 0.143. The van der Waals surface area contributed by atoms with E-state index in [0.29, 0.717) is 6.54 Å². The molecule has 0 unspecified atom stereocenters. The fourth-order valence-corrected chi connectivity index (χ4v) is 0.764. The molecule has 13 heavy (non-hydrogen) atoms. The van der Waals surface area contributed by atoms with Crippen molar-refractivity contribution in [2.24, 2.45) is 0 Å². The predicted octanol–water partition coefficient (Wildman–Crippen LogP) is 0.156. The van der Waals surface area contributed by atoms with Gasteiger partial charge < -0.3 is 11.1 Å². The Hall–Kier alpha value is -1.85. The molecule has 6 heteroatoms. The van der Waals surface area contributed by atoms with Gasteiger partial charge in [0.1, 0.15) is 0 Å². The smallest absolute Gasteiger partial charge is 0.377 e. The van der Waals surface area contributed by atoms with E-state index in [4.69, 9.17) is 5.73 Å². The number of nitrogens with two attached hydrogens (primary N) is 1. The Morgan fingerprint density at radius 2 is 2.54 bits per heavy atom. The maximum atomic E-state index is 12.8. The summed E-state index contributed by atoms with van der Waals surface area (Å²) in [5, 5.41) is 2.73. The van der Waals surface area contributed by atoms with Gasteiger partial charge in [0.05, 0.1) is 11.9 Å². The Bertz CT molecular complexity index is 373. The van der Waals surface area contributed by atoms with E-state index in [9.17, 15) is 9.28 Å². The van der Waals surface area contributed by atoms with E-state index in [-0.39, 0.29) is 16.3 Å². The molecule has 1 aromatic heterocycles. The first-order chi connectivity index (χ1) is 6.16. The van der Waals surface area contributed by atoms with Gasteiger partial charge >= 0.3 is 5.69 Å². The number of aromatic nitrogens is 2. The predicted molar refractivity (Wildman–Crippen MR) is 48.1 cm³/mol. The number of anilines is 2. The maximum Gasteiger partial charge on any atom is 0.377 e. The summed E-state index contributed by atoms with van der Waals surface area (Å²) in [4.78, 5) is 13.6. The molecule has 1 heterocycles. The van der Waals surface area contributed by atoms with Crippen LogP contribution in [0.15, 0.2) is 23.6 Å². The second kappa shape index (κ2) is 3.70. The van der Waals surface area contributed by atoms with Crippen LogP contribution in [0.25, 0.3) is 0 Å². The van der Waals surface area contributed by atoms with Crippen molar-refractivity contribution in [3.63, 3.8) is 0 Å². The average Bonchev–Trinajstić information content (AvgIpc) is 2.13. The van der Waals surface area contributed by atoms with Crippen molar-refractivity contribution in [3.8, 4) is 0 Å². The molecule has 0 fully saturated rings. The molecule has 0 saturated heterocycles. The molecule has 0 aliphatic carbocycles. The van der Waals surface area contributed by atoms with Gasteiger partial charge in [-0.3, -0.25) is 0 Å². The number of nitrogen functional groups attached to an aromatic ring is 1. The molecular weight excluding hydrogens is 175 g/mol. The Morgan fingerprint density at radius 1 is 1.85 bits per heavy atom. The first-order valence-electron chi connectivity index (χ1n) is 3.55. The number of halogens is 1. The van der Waals surface area contributed by atoms with Crippen LogP contribution < -0.4 is 16.7 Å². The van der Waals surface area contributed by atoms with Crippen LogP contribution in [0, 0.1) is 0 Å². The highest BCUT2D eigenvalue weighted by molar-refractivity contribution is 5.60. The van der Waals surface area contributed by atoms with E-state index in [1.807, 2.05) is 0 Å². The Kier molecular flexibility index (Phi) is 2.63. The molecule has 0 spiro atoms. The summed E-state index contributed by atoms with van der Waals surface area (Å²) in [6, 6.07) is 0. The number of hydrogen-bond donors (Lipinski definition) is 2. The summed E-state index contributed by atoms with van der Waals surface area (Å²) in [5.41, 5.74) is 4.51. The third-order valence-electron chi connectivity index (χ3n) is 1.40. The topological polar surface area (TPSA) is 72.9 Å². The minimum Gasteiger partial charge on any atom is -0.381 e. The maximum absolute atomic E-state index is 12.8. The van der Waals surface area contributed by atoms with Crippen molar-refractivity contribution in [2.45, 2.75) is 0 Å². The molecule has 3 N–H and O–H groups in total. The van der Waals surface area contributed by atoms with E-state index in [1.165, 1.54) is 6.20 Å². The highest BCUT2D eigenvalue weighted by Gasteiger charge is 2.05. The first kappa shape index (κ1) is 9.24. The summed E-state index contributed by atoms with van der Waals surface area (Å²) in [6.07, 6.45) is 2.75. The average molecular weight is 184 g/mol. The Balaban J connectivity index is 3.03. The highest BCUT2D eigenvalue weighted by Crippen LogP contribution is 2.13. The van der Waals surface area contributed by atoms with Crippen LogP contribution in [0.1, 0.15) is 0 Å². The summed E-state index contributed by atoms with van der Waals surface area (Å²) < 4.78 is 12.8. The van der Waals surface area contributed by atoms with Crippen LogP contribution in [0.2, 0.25) is 0 Å². The molecule has 0 aliphatic heterocycles. The van der Waals surface area contributed by atoms with Crippen LogP contribution in [-0.2, 0) is 0 Å². The number of nitrogens with zero attached hydrogens (tertiary/aromatic N) is 2. The molecule has 1 rings (SSSR count). The minimum absolute atomic E-state index is 0.217. The van der Waals surface area contributed by atoms with Gasteiger partial charge in [-0.15, -0.1) is 11.4 Å². The normalized spacial score (nSPS) is 9.62. The zero-order valence-corrected chi connectivity index (χ0v) is 6.83. The van der Waals surface area contributed by atoms with Crippen molar-refractivity contribution in [2.75, 3.05) is 17.6 Å². The van der Waals surface area contributed by atoms with E-state index >= 15 is 0 Å². The Morgan fingerprint density at radius 3 is 3.15 bits per heavy atom. The van der Waals surface area contributed by atoms with Gasteiger partial charge in [0.2, 0.25) is 0 Å². The van der Waals surface area contributed by atoms with E-state index in [0.717, 1.165) is 0 Å². The van der Waals surface area contributed by atoms with E-state index < -0.39 is 5.69 Å². The van der Waals surface area contributed by atoms with Crippen molar-refractivity contribution >= 4 is 11.5 Å². The standard InChI is InChI=1S/C7H9FN4O/c1-2-3-10-5-4-11-7(13)12(8)6(5)9/h2,4,10H,1,3,9H2. The number of rotatable bonds is 3. The monoisotopic (exact) mass is 184 g/mol. The summed E-state index contributed by atoms with van der Waals surface area (Å²) in [5.74, 6) is -0.290. The second-order valence-electron chi connectivity index (χ2n) is 2.29. The van der Waals surface area contributed by atoms with Gasteiger partial charge in [0.15, 0.2) is 5.82 Å². The lowest BCUT2D eigenvalue weighted by atomic mass is 10.4. The Labute approximate surface area is 73.6 Å². The third-order valence-corrected chi connectivity index (χ3v) is 1.40. The second-order valence-corrected chi connectivity index (χ2v) is 2.29. The highest BCUT2D eigenvalue weighted by atomic mass is 19.2. The van der Waals surface area contributed by atoms with Crippen LogP contribution >= 0.6 is 0 Å². The largest absolute Gasteiger partial charge is 0.381 e. The van der Waals surface area contributed by atoms with Gasteiger partial charge in [0.25, 0.3) is 0 Å². The molecule has 5 nitrogen and oxygen atoms in total. The lowest BCUT2D eigenvalue weighted by Gasteiger charge is -2.06. The van der Waals surface area contributed by atoms with Crippen molar-refractivity contribution < 1.29 is 4.48 Å². The molecule has 1 aromatic rings. The number of nitrogens with one attached hydrogen (secondary N) is 1. The van der Waals surface area contributed by atoms with Crippen molar-refractivity contribution in [3.05, 3.63) is 29.3 Å². The molecule has 70 valence electrons. The zero-order valence-electron chi connectivity index (χ0n) is 6.83. The van der Waals surface area contributed by atoms with Crippen LogP contribution in [0.4, 0.5) is 16.0 Å². The van der Waals surface area contributed by atoms with Gasteiger partial charge in [-0.2, -0.15) is 4.98 Å². The van der Waals surface area contributed by atoms with E-state index in [1.54, 1.807) is 6.08 Å². The molecule has 0 amide bonds. The fourth-order valence-electron chi connectivity index (χ4n) is 0.764. The van der Waals surface area contributed by atoms with E-state index in [2.05, 4.69) is 16.9 Å². The molecule has 0 aromatic carbocycles. The molecule has 0 atom stereocenters. The minimum atomic E-state index is -1.03. The van der Waals surface area contributed by atoms with Crippen molar-refractivity contribution in [1.82, 2.24) is 9.77 Å². The molecule has 0 radical (unpaired) electrons. The first-order valence-corrected chi connectivity index (χ1v) is 3.55. The molecule has 0 bridgehead atoms. The van der Waals surface area contributed by atoms with Crippen LogP contribution in [0.3, 0.4) is 0 Å². The quantitative estimate of drug-likeness (QED) is 0.656. The zero-order chi connectivity index (χ0) is 9.84. The summed E-state index contributed by atoms with van der Waals surface area (Å²) in [6.45, 7) is 3.88. The number of hydrogen-bond acceptors (Lipinski definition) is 4. The van der Waals surface area contributed by atoms with Gasteiger partial charge in [-0.05, 0) is 0 Å². The lowest BCUT2D eigenvalue weighted by molar-refractivity contribution is 0.353. The van der Waals surface area contributed by atoms with Gasteiger partial charge in [0, 0.05) is 6.54 Å². The third kappa shape index (κ3) is 1.84. The molecule has 0 aliphatic rings. The van der Waals surface area contributed by atoms with Gasteiger partial charge in [-0.25, -0.2) is 4.79 Å². The summed E-state index contributed by atoms with van der Waals surface area (Å²) >= 11 is 0.